The molecule has 0 saturated carbocycles. The van der Waals surface area contributed by atoms with Crippen LogP contribution in [0.5, 0.6) is 5.75 Å². The Hall–Kier alpha value is -1.47. The van der Waals surface area contributed by atoms with Gasteiger partial charge in [0.25, 0.3) is 5.91 Å². The fourth-order valence-corrected chi connectivity index (χ4v) is 3.74. The van der Waals surface area contributed by atoms with Gasteiger partial charge < -0.3 is 4.74 Å². The second-order valence-electron chi connectivity index (χ2n) is 5.23. The first kappa shape index (κ1) is 17.9. The van der Waals surface area contributed by atoms with Gasteiger partial charge in [-0.1, -0.05) is 31.3 Å². The minimum atomic E-state index is -0.246. The van der Waals surface area contributed by atoms with E-state index in [1.165, 1.54) is 11.3 Å². The molecule has 124 valence electrons. The smallest absolute Gasteiger partial charge is 0.264 e. The Morgan fingerprint density at radius 1 is 1.35 bits per heavy atom. The monoisotopic (exact) mass is 397 g/mol. The van der Waals surface area contributed by atoms with E-state index in [-0.39, 0.29) is 12.5 Å². The van der Waals surface area contributed by atoms with Crippen LogP contribution in [-0.4, -0.2) is 22.7 Å². The average molecular weight is 398 g/mol. The molecule has 0 bridgehead atoms. The number of benzene rings is 1. The van der Waals surface area contributed by atoms with E-state index >= 15 is 0 Å². The highest BCUT2D eigenvalue weighted by molar-refractivity contribution is 9.10. The summed E-state index contributed by atoms with van der Waals surface area (Å²) in [4.78, 5) is 12.0. The van der Waals surface area contributed by atoms with Crippen LogP contribution < -0.4 is 10.1 Å². The second kappa shape index (κ2) is 8.40. The molecule has 2 aromatic rings. The molecule has 1 aromatic heterocycles. The molecule has 0 spiro atoms. The number of amides is 1. The number of carbonyl (C=O) groups excluding carboxylic acids is 1. The molecule has 1 aromatic carbocycles. The third-order valence-electron chi connectivity index (χ3n) is 3.47. The number of anilines is 1. The van der Waals surface area contributed by atoms with Gasteiger partial charge in [0, 0.05) is 5.92 Å². The molecule has 1 N–H and O–H groups in total. The maximum absolute atomic E-state index is 12.0. The normalized spacial score (nSPS) is 10.8. The fourth-order valence-electron chi connectivity index (χ4n) is 2.11. The van der Waals surface area contributed by atoms with Gasteiger partial charge in [-0.05, 0) is 53.4 Å². The Balaban J connectivity index is 1.90. The zero-order valence-corrected chi connectivity index (χ0v) is 15.8. The highest BCUT2D eigenvalue weighted by Gasteiger charge is 2.15. The fraction of sp³-hybridized carbons (Fsp3) is 0.438. The van der Waals surface area contributed by atoms with E-state index in [4.69, 9.17) is 4.74 Å². The summed E-state index contributed by atoms with van der Waals surface area (Å²) in [5, 5.41) is 12.4. The minimum absolute atomic E-state index is 0.0679. The van der Waals surface area contributed by atoms with Gasteiger partial charge in [-0.3, -0.25) is 10.1 Å². The zero-order valence-electron chi connectivity index (χ0n) is 13.4. The zero-order chi connectivity index (χ0) is 16.8. The molecule has 0 aliphatic rings. The SMILES string of the molecule is CCC(CC)c1nnc(NC(=O)COc2ccc(C)cc2Br)s1. The van der Waals surface area contributed by atoms with Crippen molar-refractivity contribution in [2.75, 3.05) is 11.9 Å². The Kier molecular flexibility index (Phi) is 6.53. The number of rotatable bonds is 7. The van der Waals surface area contributed by atoms with Crippen molar-refractivity contribution < 1.29 is 9.53 Å². The van der Waals surface area contributed by atoms with Crippen molar-refractivity contribution in [2.24, 2.45) is 0 Å². The summed E-state index contributed by atoms with van der Waals surface area (Å²) >= 11 is 4.85. The van der Waals surface area contributed by atoms with Crippen LogP contribution in [0.15, 0.2) is 22.7 Å². The van der Waals surface area contributed by atoms with Crippen LogP contribution in [-0.2, 0) is 4.79 Å². The quantitative estimate of drug-likeness (QED) is 0.744. The van der Waals surface area contributed by atoms with Gasteiger partial charge in [0.15, 0.2) is 6.61 Å². The molecule has 1 heterocycles. The molecular formula is C16H20BrN3O2S. The van der Waals surface area contributed by atoms with Gasteiger partial charge in [-0.15, -0.1) is 10.2 Å². The van der Waals surface area contributed by atoms with E-state index in [1.807, 2.05) is 25.1 Å². The maximum atomic E-state index is 12.0. The third kappa shape index (κ3) is 5.00. The molecule has 0 saturated heterocycles. The lowest BCUT2D eigenvalue weighted by molar-refractivity contribution is -0.118. The van der Waals surface area contributed by atoms with Crippen molar-refractivity contribution >= 4 is 38.3 Å². The summed E-state index contributed by atoms with van der Waals surface area (Å²) in [6.07, 6.45) is 2.04. The summed E-state index contributed by atoms with van der Waals surface area (Å²) in [5.74, 6) is 0.795. The van der Waals surface area contributed by atoms with Gasteiger partial charge >= 0.3 is 0 Å². The van der Waals surface area contributed by atoms with Crippen LogP contribution >= 0.6 is 27.3 Å². The highest BCUT2D eigenvalue weighted by atomic mass is 79.9. The number of hydrogen-bond donors (Lipinski definition) is 1. The summed E-state index contributed by atoms with van der Waals surface area (Å²) < 4.78 is 6.35. The predicted octanol–water partition coefficient (Wildman–Crippen LogP) is 4.53. The Labute approximate surface area is 148 Å². The Morgan fingerprint density at radius 3 is 2.74 bits per heavy atom. The van der Waals surface area contributed by atoms with E-state index in [0.717, 1.165) is 27.9 Å². The van der Waals surface area contributed by atoms with E-state index in [0.29, 0.717) is 16.8 Å². The molecule has 0 fully saturated rings. The van der Waals surface area contributed by atoms with Crippen LogP contribution in [0.25, 0.3) is 0 Å². The van der Waals surface area contributed by atoms with E-state index < -0.39 is 0 Å². The molecule has 2 rings (SSSR count). The molecule has 7 heteroatoms. The number of ether oxygens (including phenoxy) is 1. The largest absolute Gasteiger partial charge is 0.483 e. The molecule has 0 aliphatic carbocycles. The molecule has 5 nitrogen and oxygen atoms in total. The molecule has 0 atom stereocenters. The lowest BCUT2D eigenvalue weighted by Crippen LogP contribution is -2.20. The first-order chi connectivity index (χ1) is 11.0. The first-order valence-corrected chi connectivity index (χ1v) is 9.16. The molecule has 0 unspecified atom stereocenters. The van der Waals surface area contributed by atoms with Gasteiger partial charge in [-0.2, -0.15) is 0 Å². The van der Waals surface area contributed by atoms with Crippen molar-refractivity contribution in [3.05, 3.63) is 33.2 Å². The van der Waals surface area contributed by atoms with Crippen molar-refractivity contribution in [1.82, 2.24) is 10.2 Å². The summed E-state index contributed by atoms with van der Waals surface area (Å²) in [6.45, 7) is 6.18. The lowest BCUT2D eigenvalue weighted by atomic mass is 10.1. The summed E-state index contributed by atoms with van der Waals surface area (Å²) in [6, 6.07) is 5.72. The van der Waals surface area contributed by atoms with Crippen molar-refractivity contribution in [3.8, 4) is 5.75 Å². The highest BCUT2D eigenvalue weighted by Crippen LogP contribution is 2.28. The molecule has 23 heavy (non-hydrogen) atoms. The Bertz CT molecular complexity index is 671. The number of nitrogens with one attached hydrogen (secondary N) is 1. The predicted molar refractivity (Wildman–Crippen MR) is 96.2 cm³/mol. The number of nitrogens with zero attached hydrogens (tertiary/aromatic N) is 2. The summed E-state index contributed by atoms with van der Waals surface area (Å²) in [7, 11) is 0. The van der Waals surface area contributed by atoms with Crippen LogP contribution in [0.1, 0.15) is 43.2 Å². The van der Waals surface area contributed by atoms with Crippen LogP contribution in [0, 0.1) is 6.92 Å². The van der Waals surface area contributed by atoms with Crippen molar-refractivity contribution in [3.63, 3.8) is 0 Å². The van der Waals surface area contributed by atoms with Crippen molar-refractivity contribution in [2.45, 2.75) is 39.5 Å². The number of aryl methyl sites for hydroxylation is 1. The maximum Gasteiger partial charge on any atom is 0.264 e. The number of aromatic nitrogens is 2. The van der Waals surface area contributed by atoms with Crippen LogP contribution in [0.4, 0.5) is 5.13 Å². The van der Waals surface area contributed by atoms with Gasteiger partial charge in [0.2, 0.25) is 5.13 Å². The van der Waals surface area contributed by atoms with E-state index in [1.54, 1.807) is 0 Å². The van der Waals surface area contributed by atoms with Crippen molar-refractivity contribution in [1.29, 1.82) is 0 Å². The van der Waals surface area contributed by atoms with Gasteiger partial charge in [-0.25, -0.2) is 0 Å². The number of carbonyl (C=O) groups is 1. The average Bonchev–Trinajstić information content (AvgIpc) is 2.96. The Morgan fingerprint density at radius 2 is 2.09 bits per heavy atom. The molecule has 0 aliphatic heterocycles. The lowest BCUT2D eigenvalue weighted by Gasteiger charge is -2.08. The molecular weight excluding hydrogens is 378 g/mol. The molecule has 0 radical (unpaired) electrons. The van der Waals surface area contributed by atoms with Gasteiger partial charge in [0.05, 0.1) is 4.47 Å². The minimum Gasteiger partial charge on any atom is -0.483 e. The second-order valence-corrected chi connectivity index (χ2v) is 7.09. The molecule has 1 amide bonds. The standard InChI is InChI=1S/C16H20BrN3O2S/c1-4-11(5-2)15-19-20-16(23-15)18-14(21)9-22-13-7-6-10(3)8-12(13)17/h6-8,11H,4-5,9H2,1-3H3,(H,18,20,21). The topological polar surface area (TPSA) is 64.1 Å². The van der Waals surface area contributed by atoms with E-state index in [2.05, 4.69) is 45.3 Å². The van der Waals surface area contributed by atoms with Crippen LogP contribution in [0.3, 0.4) is 0 Å². The number of halogens is 1. The third-order valence-corrected chi connectivity index (χ3v) is 5.09. The summed E-state index contributed by atoms with van der Waals surface area (Å²) in [5.41, 5.74) is 1.12. The van der Waals surface area contributed by atoms with Gasteiger partial charge in [0.1, 0.15) is 10.8 Å². The van der Waals surface area contributed by atoms with Crippen LogP contribution in [0.2, 0.25) is 0 Å². The first-order valence-electron chi connectivity index (χ1n) is 7.55. The van der Waals surface area contributed by atoms with E-state index in [9.17, 15) is 4.79 Å². The number of hydrogen-bond acceptors (Lipinski definition) is 5.